The van der Waals surface area contributed by atoms with Crippen molar-refractivity contribution in [3.8, 4) is 0 Å². The molecule has 6 nitrogen and oxygen atoms in total. The van der Waals surface area contributed by atoms with Gasteiger partial charge in [0.25, 0.3) is 0 Å². The van der Waals surface area contributed by atoms with E-state index < -0.39 is 15.8 Å². The van der Waals surface area contributed by atoms with Gasteiger partial charge in [-0.1, -0.05) is 37.1 Å². The highest BCUT2D eigenvalue weighted by Gasteiger charge is 2.43. The quantitative estimate of drug-likeness (QED) is 0.796. The van der Waals surface area contributed by atoms with Crippen molar-refractivity contribution in [2.45, 2.75) is 38.5 Å². The van der Waals surface area contributed by atoms with Crippen molar-refractivity contribution in [2.75, 3.05) is 26.2 Å². The summed E-state index contributed by atoms with van der Waals surface area (Å²) < 4.78 is 28.4. The molecule has 0 N–H and O–H groups in total. The van der Waals surface area contributed by atoms with Crippen molar-refractivity contribution < 1.29 is 18.0 Å². The van der Waals surface area contributed by atoms with Gasteiger partial charge in [-0.15, -0.1) is 0 Å². The maximum Gasteiger partial charge on any atom is 0.249 e. The summed E-state index contributed by atoms with van der Waals surface area (Å²) in [4.78, 5) is 28.0. The number of nitrogens with zero attached hydrogens (tertiary/aromatic N) is 2. The molecule has 2 heterocycles. The minimum absolute atomic E-state index is 0.0837. The predicted octanol–water partition coefficient (Wildman–Crippen LogP) is 2.58. The Balaban J connectivity index is 1.88. The number of Topliss-reactive ketones (excluding diaryl/α,β-unsaturated/α-hetero) is 2. The van der Waals surface area contributed by atoms with Crippen LogP contribution in [0.15, 0.2) is 34.9 Å². The number of hydrogen-bond donors (Lipinski definition) is 0. The van der Waals surface area contributed by atoms with E-state index >= 15 is 0 Å². The number of benzene rings is 1. The third-order valence-corrected chi connectivity index (χ3v) is 7.58. The molecule has 3 aliphatic rings. The smallest absolute Gasteiger partial charge is 0.249 e. The van der Waals surface area contributed by atoms with Crippen LogP contribution < -0.4 is 0 Å². The fraction of sp³-hybridized carbons (Fsp3) is 0.500. The van der Waals surface area contributed by atoms with E-state index in [2.05, 4.69) is 0 Å². The molecular weight excluding hydrogens is 364 g/mol. The second kappa shape index (κ2) is 7.20. The van der Waals surface area contributed by atoms with Gasteiger partial charge in [0.05, 0.1) is 0 Å². The minimum atomic E-state index is -4.02. The van der Waals surface area contributed by atoms with Crippen LogP contribution in [0, 0.1) is 0 Å². The van der Waals surface area contributed by atoms with Crippen LogP contribution in [0.25, 0.3) is 0 Å². The average molecular weight is 388 g/mol. The molecule has 27 heavy (non-hydrogen) atoms. The van der Waals surface area contributed by atoms with Crippen molar-refractivity contribution >= 4 is 21.6 Å². The molecular formula is C20H24N2O4S. The fourth-order valence-electron chi connectivity index (χ4n) is 4.22. The SMILES string of the molecule is O=C1C(N2CCCC2)=C(S(=O)(=O)N2CCCCCC2)C(=O)c2ccccc21. The van der Waals surface area contributed by atoms with Crippen molar-refractivity contribution in [1.82, 2.24) is 9.21 Å². The first kappa shape index (κ1) is 18.4. The maximum atomic E-state index is 13.5. The van der Waals surface area contributed by atoms with Crippen molar-refractivity contribution in [3.05, 3.63) is 46.0 Å². The van der Waals surface area contributed by atoms with E-state index in [1.807, 2.05) is 0 Å². The van der Waals surface area contributed by atoms with Crippen molar-refractivity contribution in [2.24, 2.45) is 0 Å². The molecule has 0 atom stereocenters. The number of fused-ring (bicyclic) bond motifs is 1. The molecule has 1 aromatic carbocycles. The minimum Gasteiger partial charge on any atom is -0.367 e. The molecule has 1 aliphatic carbocycles. The van der Waals surface area contributed by atoms with E-state index in [-0.39, 0.29) is 21.9 Å². The lowest BCUT2D eigenvalue weighted by atomic mass is 9.92. The lowest BCUT2D eigenvalue weighted by Gasteiger charge is -2.30. The molecule has 0 radical (unpaired) electrons. The number of ketones is 2. The summed E-state index contributed by atoms with van der Waals surface area (Å²) in [6.07, 6.45) is 5.32. The molecule has 0 saturated carbocycles. The Hall–Kier alpha value is -1.99. The average Bonchev–Trinajstić information content (AvgIpc) is 3.04. The Morgan fingerprint density at radius 3 is 1.81 bits per heavy atom. The molecule has 2 fully saturated rings. The normalized spacial score (nSPS) is 22.1. The molecule has 0 unspecified atom stereocenters. The van der Waals surface area contributed by atoms with Gasteiger partial charge in [-0.05, 0) is 25.7 Å². The second-order valence-electron chi connectivity index (χ2n) is 7.39. The number of carbonyl (C=O) groups excluding carboxylic acids is 2. The summed E-state index contributed by atoms with van der Waals surface area (Å²) in [5.74, 6) is -0.892. The largest absolute Gasteiger partial charge is 0.367 e. The topological polar surface area (TPSA) is 74.8 Å². The Bertz CT molecular complexity index is 906. The number of carbonyl (C=O) groups is 2. The van der Waals surface area contributed by atoms with Crippen LogP contribution in [-0.4, -0.2) is 55.4 Å². The van der Waals surface area contributed by atoms with Gasteiger partial charge in [0.15, 0.2) is 4.91 Å². The molecule has 2 saturated heterocycles. The zero-order valence-electron chi connectivity index (χ0n) is 15.3. The fourth-order valence-corrected chi connectivity index (χ4v) is 6.03. The summed E-state index contributed by atoms with van der Waals surface area (Å²) >= 11 is 0. The first-order valence-corrected chi connectivity index (χ1v) is 11.1. The van der Waals surface area contributed by atoms with Crippen molar-refractivity contribution in [3.63, 3.8) is 0 Å². The number of hydrogen-bond acceptors (Lipinski definition) is 5. The molecule has 7 heteroatoms. The van der Waals surface area contributed by atoms with Crippen LogP contribution in [-0.2, 0) is 10.0 Å². The van der Waals surface area contributed by atoms with Crippen LogP contribution in [0.1, 0.15) is 59.2 Å². The van der Waals surface area contributed by atoms with Gasteiger partial charge in [-0.3, -0.25) is 9.59 Å². The Kier molecular flexibility index (Phi) is 4.90. The van der Waals surface area contributed by atoms with Gasteiger partial charge in [-0.25, -0.2) is 8.42 Å². The number of likely N-dealkylation sites (tertiary alicyclic amines) is 1. The molecule has 2 aliphatic heterocycles. The number of sulfonamides is 1. The lowest BCUT2D eigenvalue weighted by molar-refractivity contribution is 0.0952. The van der Waals surface area contributed by atoms with Crippen molar-refractivity contribution in [1.29, 1.82) is 0 Å². The van der Waals surface area contributed by atoms with E-state index in [9.17, 15) is 18.0 Å². The number of rotatable bonds is 3. The molecule has 0 aromatic heterocycles. The second-order valence-corrected chi connectivity index (χ2v) is 9.27. The van der Waals surface area contributed by atoms with Crippen LogP contribution in [0.4, 0.5) is 0 Å². The van der Waals surface area contributed by atoms with E-state index in [1.54, 1.807) is 29.2 Å². The van der Waals surface area contributed by atoms with Crippen LogP contribution in [0.5, 0.6) is 0 Å². The third-order valence-electron chi connectivity index (χ3n) is 5.64. The Morgan fingerprint density at radius 1 is 0.704 bits per heavy atom. The zero-order chi connectivity index (χ0) is 19.0. The summed E-state index contributed by atoms with van der Waals surface area (Å²) in [7, 11) is -4.02. The lowest BCUT2D eigenvalue weighted by Crippen LogP contribution is -2.41. The summed E-state index contributed by atoms with van der Waals surface area (Å²) in [5, 5.41) is 0. The number of allylic oxidation sites excluding steroid dienone is 2. The first-order valence-electron chi connectivity index (χ1n) is 9.69. The first-order chi connectivity index (χ1) is 13.0. The van der Waals surface area contributed by atoms with Gasteiger partial charge in [-0.2, -0.15) is 4.31 Å². The highest BCUT2D eigenvalue weighted by molar-refractivity contribution is 7.94. The molecule has 1 aromatic rings. The Morgan fingerprint density at radius 2 is 1.22 bits per heavy atom. The predicted molar refractivity (Wildman–Crippen MR) is 102 cm³/mol. The third kappa shape index (κ3) is 3.12. The highest BCUT2D eigenvalue weighted by atomic mass is 32.2. The van der Waals surface area contributed by atoms with Gasteiger partial charge in [0.1, 0.15) is 5.70 Å². The molecule has 0 spiro atoms. The molecule has 0 bridgehead atoms. The van der Waals surface area contributed by atoms with Gasteiger partial charge < -0.3 is 4.90 Å². The van der Waals surface area contributed by atoms with Gasteiger partial charge in [0, 0.05) is 37.3 Å². The summed E-state index contributed by atoms with van der Waals surface area (Å²) in [6.45, 7) is 2.02. The van der Waals surface area contributed by atoms with Gasteiger partial charge >= 0.3 is 0 Å². The standard InChI is InChI=1S/C20H24N2O4S/c23-18-15-9-3-4-10-16(15)19(24)20(17(18)21-11-7-8-12-21)27(25,26)22-13-5-1-2-6-14-22/h3-4,9-10H,1-2,5-8,11-14H2. The van der Waals surface area contributed by atoms with Crippen LogP contribution in [0.3, 0.4) is 0 Å². The summed E-state index contributed by atoms with van der Waals surface area (Å²) in [6, 6.07) is 6.54. The monoisotopic (exact) mass is 388 g/mol. The zero-order valence-corrected chi connectivity index (χ0v) is 16.1. The van der Waals surface area contributed by atoms with E-state index in [0.29, 0.717) is 31.7 Å². The highest BCUT2D eigenvalue weighted by Crippen LogP contribution is 2.34. The molecule has 4 rings (SSSR count). The van der Waals surface area contributed by atoms with E-state index in [0.717, 1.165) is 38.5 Å². The van der Waals surface area contributed by atoms with Gasteiger partial charge in [0.2, 0.25) is 21.6 Å². The van der Waals surface area contributed by atoms with E-state index in [1.165, 1.54) is 4.31 Å². The van der Waals surface area contributed by atoms with Crippen LogP contribution >= 0.6 is 0 Å². The van der Waals surface area contributed by atoms with Crippen LogP contribution in [0.2, 0.25) is 0 Å². The maximum absolute atomic E-state index is 13.5. The summed E-state index contributed by atoms with van der Waals surface area (Å²) in [5.41, 5.74) is 0.582. The molecule has 144 valence electrons. The Labute approximate surface area is 159 Å². The molecule has 0 amide bonds. The van der Waals surface area contributed by atoms with E-state index in [4.69, 9.17) is 0 Å².